The van der Waals surface area contributed by atoms with Crippen LogP contribution in [0, 0.1) is 5.82 Å². The molecule has 0 radical (unpaired) electrons. The number of Topliss-reactive ketones (excluding diaryl/α,β-unsaturated/α-hetero) is 1. The van der Waals surface area contributed by atoms with Gasteiger partial charge in [0.15, 0.2) is 5.78 Å². The Morgan fingerprint density at radius 3 is 2.65 bits per heavy atom. The van der Waals surface area contributed by atoms with Gasteiger partial charge in [0.05, 0.1) is 5.52 Å². The predicted molar refractivity (Wildman–Crippen MR) is 92.4 cm³/mol. The molecular formula is C19H16FNOS. The Morgan fingerprint density at radius 2 is 1.83 bits per heavy atom. The molecule has 0 unspecified atom stereocenters. The molecule has 3 aromatic rings. The summed E-state index contributed by atoms with van der Waals surface area (Å²) in [5.41, 5.74) is 1.56. The van der Waals surface area contributed by atoms with Crippen LogP contribution in [0.1, 0.15) is 23.2 Å². The SMILES string of the molecule is O=C(CCCSc1ccnc2ccccc12)c1ccc(F)cc1. The molecule has 0 aliphatic heterocycles. The molecular weight excluding hydrogens is 309 g/mol. The molecule has 2 aromatic carbocycles. The summed E-state index contributed by atoms with van der Waals surface area (Å²) in [5.74, 6) is 0.605. The van der Waals surface area contributed by atoms with Crippen LogP contribution in [0.15, 0.2) is 65.7 Å². The molecule has 0 bridgehead atoms. The summed E-state index contributed by atoms with van der Waals surface area (Å²) >= 11 is 1.74. The van der Waals surface area contributed by atoms with Crippen LogP contribution < -0.4 is 0 Å². The van der Waals surface area contributed by atoms with Crippen LogP contribution in [0.3, 0.4) is 0 Å². The molecule has 0 spiro atoms. The molecule has 0 saturated heterocycles. The van der Waals surface area contributed by atoms with Crippen molar-refractivity contribution in [1.29, 1.82) is 0 Å². The lowest BCUT2D eigenvalue weighted by molar-refractivity contribution is 0.0982. The largest absolute Gasteiger partial charge is 0.294 e. The lowest BCUT2D eigenvalue weighted by Crippen LogP contribution is -1.99. The Kier molecular flexibility index (Phi) is 5.03. The van der Waals surface area contributed by atoms with E-state index in [1.165, 1.54) is 17.0 Å². The lowest BCUT2D eigenvalue weighted by Gasteiger charge is -2.05. The summed E-state index contributed by atoms with van der Waals surface area (Å²) in [4.78, 5) is 17.6. The molecule has 0 N–H and O–H groups in total. The van der Waals surface area contributed by atoms with Gasteiger partial charge in [-0.15, -0.1) is 11.8 Å². The number of carbonyl (C=O) groups excluding carboxylic acids is 1. The van der Waals surface area contributed by atoms with Crippen molar-refractivity contribution in [2.45, 2.75) is 17.7 Å². The maximum Gasteiger partial charge on any atom is 0.162 e. The Bertz CT molecular complexity index is 812. The van der Waals surface area contributed by atoms with E-state index in [-0.39, 0.29) is 11.6 Å². The summed E-state index contributed by atoms with van der Waals surface area (Å²) in [6.07, 6.45) is 3.08. The highest BCUT2D eigenvalue weighted by molar-refractivity contribution is 7.99. The second-order valence-corrected chi connectivity index (χ2v) is 6.35. The molecule has 2 nitrogen and oxygen atoms in total. The fourth-order valence-corrected chi connectivity index (χ4v) is 3.38. The monoisotopic (exact) mass is 325 g/mol. The van der Waals surface area contributed by atoms with Gasteiger partial charge in [-0.25, -0.2) is 4.39 Å². The van der Waals surface area contributed by atoms with Crippen molar-refractivity contribution >= 4 is 28.4 Å². The highest BCUT2D eigenvalue weighted by atomic mass is 32.2. The van der Waals surface area contributed by atoms with Gasteiger partial charge >= 0.3 is 0 Å². The third kappa shape index (κ3) is 3.96. The molecule has 0 aliphatic carbocycles. The first-order chi connectivity index (χ1) is 11.2. The van der Waals surface area contributed by atoms with Crippen molar-refractivity contribution in [2.75, 3.05) is 5.75 Å². The fourth-order valence-electron chi connectivity index (χ4n) is 2.39. The van der Waals surface area contributed by atoms with E-state index in [9.17, 15) is 9.18 Å². The fraction of sp³-hybridized carbons (Fsp3) is 0.158. The molecule has 1 heterocycles. The predicted octanol–water partition coefficient (Wildman–Crippen LogP) is 5.13. The van der Waals surface area contributed by atoms with Gasteiger partial charge in [0, 0.05) is 28.5 Å². The number of benzene rings is 2. The normalized spacial score (nSPS) is 10.8. The molecule has 0 saturated carbocycles. The van der Waals surface area contributed by atoms with Crippen LogP contribution in [0.5, 0.6) is 0 Å². The van der Waals surface area contributed by atoms with Gasteiger partial charge in [0.25, 0.3) is 0 Å². The molecule has 3 rings (SSSR count). The van der Waals surface area contributed by atoms with E-state index in [1.807, 2.05) is 30.5 Å². The van der Waals surface area contributed by atoms with Gasteiger partial charge in [0.2, 0.25) is 0 Å². The van der Waals surface area contributed by atoms with E-state index >= 15 is 0 Å². The van der Waals surface area contributed by atoms with Gasteiger partial charge in [-0.05, 0) is 48.6 Å². The van der Waals surface area contributed by atoms with E-state index < -0.39 is 0 Å². The lowest BCUT2D eigenvalue weighted by atomic mass is 10.1. The minimum atomic E-state index is -0.318. The van der Waals surface area contributed by atoms with Crippen molar-refractivity contribution in [2.24, 2.45) is 0 Å². The van der Waals surface area contributed by atoms with Crippen molar-refractivity contribution in [1.82, 2.24) is 4.98 Å². The van der Waals surface area contributed by atoms with Gasteiger partial charge in [-0.2, -0.15) is 0 Å². The number of hydrogen-bond donors (Lipinski definition) is 0. The van der Waals surface area contributed by atoms with E-state index in [2.05, 4.69) is 11.1 Å². The maximum atomic E-state index is 12.9. The number of carbonyl (C=O) groups is 1. The Balaban J connectivity index is 1.55. The first-order valence-corrected chi connectivity index (χ1v) is 8.48. The number of rotatable bonds is 6. The molecule has 1 aromatic heterocycles. The number of aromatic nitrogens is 1. The summed E-state index contributed by atoms with van der Waals surface area (Å²) < 4.78 is 12.9. The third-order valence-electron chi connectivity index (χ3n) is 3.58. The number of thioether (sulfide) groups is 1. The average Bonchev–Trinajstić information content (AvgIpc) is 2.59. The van der Waals surface area contributed by atoms with Crippen LogP contribution in [0.25, 0.3) is 10.9 Å². The second kappa shape index (κ2) is 7.38. The molecule has 0 fully saturated rings. The number of fused-ring (bicyclic) bond motifs is 1. The topological polar surface area (TPSA) is 30.0 Å². The Labute approximate surface area is 138 Å². The molecule has 4 heteroatoms. The zero-order valence-electron chi connectivity index (χ0n) is 12.5. The summed E-state index contributed by atoms with van der Waals surface area (Å²) in [6, 6.07) is 15.8. The van der Waals surface area contributed by atoms with Gasteiger partial charge in [-0.1, -0.05) is 18.2 Å². The number of nitrogens with zero attached hydrogens (tertiary/aromatic N) is 1. The zero-order chi connectivity index (χ0) is 16.1. The first-order valence-electron chi connectivity index (χ1n) is 7.49. The number of halogens is 1. The number of ketones is 1. The smallest absolute Gasteiger partial charge is 0.162 e. The number of para-hydroxylation sites is 1. The molecule has 0 amide bonds. The summed E-state index contributed by atoms with van der Waals surface area (Å²) in [7, 11) is 0. The highest BCUT2D eigenvalue weighted by Gasteiger charge is 2.07. The van der Waals surface area contributed by atoms with Crippen LogP contribution in [0.2, 0.25) is 0 Å². The number of pyridine rings is 1. The van der Waals surface area contributed by atoms with E-state index in [0.717, 1.165) is 23.1 Å². The summed E-state index contributed by atoms with van der Waals surface area (Å²) in [5, 5.41) is 1.14. The van der Waals surface area contributed by atoms with Crippen molar-refractivity contribution in [3.8, 4) is 0 Å². The quantitative estimate of drug-likeness (QED) is 0.357. The second-order valence-electron chi connectivity index (χ2n) is 5.21. The molecule has 0 atom stereocenters. The van der Waals surface area contributed by atoms with E-state index in [0.29, 0.717) is 12.0 Å². The van der Waals surface area contributed by atoms with E-state index in [4.69, 9.17) is 0 Å². The number of hydrogen-bond acceptors (Lipinski definition) is 3. The van der Waals surface area contributed by atoms with E-state index in [1.54, 1.807) is 23.9 Å². The maximum absolute atomic E-state index is 12.9. The first kappa shape index (κ1) is 15.7. The van der Waals surface area contributed by atoms with Gasteiger partial charge in [0.1, 0.15) is 5.82 Å². The van der Waals surface area contributed by atoms with Crippen molar-refractivity contribution < 1.29 is 9.18 Å². The average molecular weight is 325 g/mol. The van der Waals surface area contributed by atoms with Crippen LogP contribution >= 0.6 is 11.8 Å². The van der Waals surface area contributed by atoms with Gasteiger partial charge in [-0.3, -0.25) is 9.78 Å². The summed E-state index contributed by atoms with van der Waals surface area (Å²) in [6.45, 7) is 0. The van der Waals surface area contributed by atoms with Crippen molar-refractivity contribution in [3.05, 3.63) is 72.2 Å². The Hall–Kier alpha value is -2.20. The zero-order valence-corrected chi connectivity index (χ0v) is 13.4. The van der Waals surface area contributed by atoms with Crippen LogP contribution in [0.4, 0.5) is 4.39 Å². The minimum Gasteiger partial charge on any atom is -0.294 e. The molecule has 23 heavy (non-hydrogen) atoms. The van der Waals surface area contributed by atoms with Gasteiger partial charge < -0.3 is 0 Å². The highest BCUT2D eigenvalue weighted by Crippen LogP contribution is 2.27. The van der Waals surface area contributed by atoms with Crippen LogP contribution in [-0.2, 0) is 0 Å². The Morgan fingerprint density at radius 1 is 1.04 bits per heavy atom. The van der Waals surface area contributed by atoms with Crippen molar-refractivity contribution in [3.63, 3.8) is 0 Å². The third-order valence-corrected chi connectivity index (χ3v) is 4.74. The standard InChI is InChI=1S/C19H16FNOS/c20-15-9-7-14(8-10-15)18(22)6-3-13-23-19-11-12-21-17-5-2-1-4-16(17)19/h1-2,4-5,7-12H,3,6,13H2. The molecule has 0 aliphatic rings. The van der Waals surface area contributed by atoms with Crippen LogP contribution in [-0.4, -0.2) is 16.5 Å². The minimum absolute atomic E-state index is 0.0604. The molecule has 116 valence electrons.